The Morgan fingerprint density at radius 2 is 2.04 bits per heavy atom. The first-order chi connectivity index (χ1) is 11.0. The highest BCUT2D eigenvalue weighted by Gasteiger charge is 2.15. The molecule has 0 N–H and O–H groups in total. The first-order valence-electron chi connectivity index (χ1n) is 7.56. The fourth-order valence-corrected chi connectivity index (χ4v) is 2.71. The Morgan fingerprint density at radius 1 is 1.35 bits per heavy atom. The number of benzene rings is 1. The molecule has 1 aliphatic rings. The maximum absolute atomic E-state index is 10.5. The van der Waals surface area contributed by atoms with Crippen molar-refractivity contribution < 1.29 is 9.53 Å². The van der Waals surface area contributed by atoms with Gasteiger partial charge in [0, 0.05) is 31.5 Å². The first-order valence-corrected chi connectivity index (χ1v) is 7.94. The summed E-state index contributed by atoms with van der Waals surface area (Å²) in [6, 6.07) is 5.99. The second-order valence-electron chi connectivity index (χ2n) is 5.40. The molecule has 0 unspecified atom stereocenters. The largest absolute Gasteiger partial charge is 0.378 e. The van der Waals surface area contributed by atoms with E-state index in [9.17, 15) is 4.79 Å². The minimum absolute atomic E-state index is 0.667. The van der Waals surface area contributed by atoms with Crippen molar-refractivity contribution in [2.24, 2.45) is 4.99 Å². The molecule has 0 amide bonds. The lowest BCUT2D eigenvalue weighted by Gasteiger charge is -2.30. The number of aliphatic imine (C=N–C) groups is 1. The predicted molar refractivity (Wildman–Crippen MR) is 95.8 cm³/mol. The van der Waals surface area contributed by atoms with E-state index in [0.717, 1.165) is 49.8 Å². The summed E-state index contributed by atoms with van der Waals surface area (Å²) in [4.78, 5) is 19.0. The van der Waals surface area contributed by atoms with Gasteiger partial charge in [-0.05, 0) is 38.1 Å². The third-order valence-electron chi connectivity index (χ3n) is 3.80. The van der Waals surface area contributed by atoms with Gasteiger partial charge in [0.2, 0.25) is 0 Å². The van der Waals surface area contributed by atoms with E-state index >= 15 is 0 Å². The Bertz CT molecular complexity index is 622. The Balaban J connectivity index is 2.18. The van der Waals surface area contributed by atoms with Gasteiger partial charge in [0.1, 0.15) is 12.1 Å². The van der Waals surface area contributed by atoms with Crippen LogP contribution in [0.1, 0.15) is 13.8 Å². The Hall–Kier alpha value is -1.85. The fraction of sp³-hybridized carbons (Fsp3) is 0.412. The summed E-state index contributed by atoms with van der Waals surface area (Å²) in [5, 5.41) is 0.712. The molecule has 1 saturated heterocycles. The van der Waals surface area contributed by atoms with E-state index in [1.807, 2.05) is 37.1 Å². The summed E-state index contributed by atoms with van der Waals surface area (Å²) in [5.74, 6) is 0.788. The average Bonchev–Trinajstić information content (AvgIpc) is 2.55. The molecule has 1 aliphatic heterocycles. The molecule has 1 fully saturated rings. The molecule has 1 heterocycles. The summed E-state index contributed by atoms with van der Waals surface area (Å²) < 4.78 is 5.37. The van der Waals surface area contributed by atoms with Crippen molar-refractivity contribution in [1.82, 2.24) is 0 Å². The van der Waals surface area contributed by atoms with Gasteiger partial charge in [0.15, 0.2) is 0 Å². The molecule has 124 valence electrons. The van der Waals surface area contributed by atoms with Gasteiger partial charge in [-0.15, -0.1) is 0 Å². The number of anilines is 2. The van der Waals surface area contributed by atoms with Crippen LogP contribution in [0.2, 0.25) is 5.02 Å². The number of hydrogen-bond acceptors (Lipinski definition) is 4. The minimum Gasteiger partial charge on any atom is -0.378 e. The highest BCUT2D eigenvalue weighted by molar-refractivity contribution is 6.33. The number of halogens is 1. The van der Waals surface area contributed by atoms with Crippen LogP contribution in [0.3, 0.4) is 0 Å². The summed E-state index contributed by atoms with van der Waals surface area (Å²) >= 11 is 6.46. The topological polar surface area (TPSA) is 45.1 Å². The lowest BCUT2D eigenvalue weighted by Crippen LogP contribution is -2.36. The molecule has 5 nitrogen and oxygen atoms in total. The van der Waals surface area contributed by atoms with Crippen LogP contribution in [0.25, 0.3) is 0 Å². The Morgan fingerprint density at radius 3 is 2.65 bits per heavy atom. The first kappa shape index (κ1) is 17.5. The van der Waals surface area contributed by atoms with Crippen LogP contribution >= 0.6 is 11.6 Å². The molecular formula is C17H22ClN3O2. The molecule has 6 heteroatoms. The molecule has 23 heavy (non-hydrogen) atoms. The lowest BCUT2D eigenvalue weighted by atomic mass is 10.2. The Labute approximate surface area is 142 Å². The van der Waals surface area contributed by atoms with Crippen molar-refractivity contribution >= 4 is 35.1 Å². The van der Waals surface area contributed by atoms with Crippen molar-refractivity contribution in [3.05, 3.63) is 35.0 Å². The molecule has 0 atom stereocenters. The number of hydrogen-bond donors (Lipinski definition) is 0. The van der Waals surface area contributed by atoms with E-state index in [2.05, 4.69) is 9.89 Å². The maximum atomic E-state index is 10.5. The third-order valence-corrected chi connectivity index (χ3v) is 4.11. The number of carbonyl (C=O) groups excluding carboxylic acids is 1. The van der Waals surface area contributed by atoms with E-state index in [0.29, 0.717) is 10.7 Å². The molecule has 0 saturated carbocycles. The van der Waals surface area contributed by atoms with Crippen LogP contribution < -0.4 is 9.80 Å². The van der Waals surface area contributed by atoms with E-state index in [-0.39, 0.29) is 0 Å². The van der Waals surface area contributed by atoms with Gasteiger partial charge < -0.3 is 14.5 Å². The maximum Gasteiger partial charge on any atom is 0.144 e. The van der Waals surface area contributed by atoms with Gasteiger partial charge in [-0.2, -0.15) is 0 Å². The quantitative estimate of drug-likeness (QED) is 0.367. The number of amidine groups is 1. The minimum atomic E-state index is 0.667. The molecule has 0 spiro atoms. The van der Waals surface area contributed by atoms with E-state index in [1.54, 1.807) is 6.92 Å². The normalized spacial score (nSPS) is 16.4. The van der Waals surface area contributed by atoms with E-state index in [1.165, 1.54) is 6.08 Å². The summed E-state index contributed by atoms with van der Waals surface area (Å²) in [6.45, 7) is 6.85. The van der Waals surface area contributed by atoms with Gasteiger partial charge >= 0.3 is 0 Å². The highest BCUT2D eigenvalue weighted by Crippen LogP contribution is 2.30. The number of morpholine rings is 1. The molecular weight excluding hydrogens is 314 g/mol. The third kappa shape index (κ3) is 4.56. The number of allylic oxidation sites excluding steroid dienone is 2. The fourth-order valence-electron chi connectivity index (χ4n) is 2.42. The van der Waals surface area contributed by atoms with E-state index in [4.69, 9.17) is 16.3 Å². The molecule has 1 aromatic rings. The molecule has 0 aromatic heterocycles. The average molecular weight is 336 g/mol. The monoisotopic (exact) mass is 335 g/mol. The molecule has 0 bridgehead atoms. The second kappa shape index (κ2) is 8.13. The Kier molecular flexibility index (Phi) is 6.19. The lowest BCUT2D eigenvalue weighted by molar-refractivity contribution is -0.104. The zero-order chi connectivity index (χ0) is 16.8. The predicted octanol–water partition coefficient (Wildman–Crippen LogP) is 3.13. The van der Waals surface area contributed by atoms with Crippen LogP contribution in [0, 0.1) is 0 Å². The molecule has 2 rings (SSSR count). The van der Waals surface area contributed by atoms with Gasteiger partial charge in [-0.3, -0.25) is 4.79 Å². The number of carbonyl (C=O) groups is 1. The number of rotatable bonds is 4. The zero-order valence-electron chi connectivity index (χ0n) is 13.8. The van der Waals surface area contributed by atoms with Crippen LogP contribution in [-0.4, -0.2) is 45.5 Å². The second-order valence-corrected chi connectivity index (χ2v) is 5.80. The summed E-state index contributed by atoms with van der Waals surface area (Å²) in [7, 11) is 1.92. The molecule has 1 aromatic carbocycles. The van der Waals surface area contributed by atoms with Crippen LogP contribution in [0.15, 0.2) is 35.0 Å². The van der Waals surface area contributed by atoms with Gasteiger partial charge in [-0.1, -0.05) is 11.6 Å². The van der Waals surface area contributed by atoms with Crippen LogP contribution in [-0.2, 0) is 9.53 Å². The smallest absolute Gasteiger partial charge is 0.144 e. The van der Waals surface area contributed by atoms with Gasteiger partial charge in [0.25, 0.3) is 0 Å². The summed E-state index contributed by atoms with van der Waals surface area (Å²) in [6.07, 6.45) is 2.17. The van der Waals surface area contributed by atoms with Crippen molar-refractivity contribution in [2.75, 3.05) is 43.2 Å². The molecule has 0 aliphatic carbocycles. The number of aldehydes is 1. The van der Waals surface area contributed by atoms with Gasteiger partial charge in [0.05, 0.1) is 23.9 Å². The van der Waals surface area contributed by atoms with E-state index < -0.39 is 0 Å². The molecule has 0 radical (unpaired) electrons. The number of ether oxygens (including phenoxy) is 1. The van der Waals surface area contributed by atoms with Crippen molar-refractivity contribution in [3.63, 3.8) is 0 Å². The highest BCUT2D eigenvalue weighted by atomic mass is 35.5. The van der Waals surface area contributed by atoms with Crippen molar-refractivity contribution in [1.29, 1.82) is 0 Å². The van der Waals surface area contributed by atoms with Crippen LogP contribution in [0.4, 0.5) is 11.4 Å². The zero-order valence-corrected chi connectivity index (χ0v) is 14.5. The van der Waals surface area contributed by atoms with Gasteiger partial charge in [-0.25, -0.2) is 4.99 Å². The summed E-state index contributed by atoms with van der Waals surface area (Å²) in [5.41, 5.74) is 2.64. The van der Waals surface area contributed by atoms with Crippen molar-refractivity contribution in [3.8, 4) is 0 Å². The van der Waals surface area contributed by atoms with Crippen molar-refractivity contribution in [2.45, 2.75) is 13.8 Å². The standard InChI is InChI=1S/C17H22ClN3O2/c1-13(6-9-22)19-14(2)20(3)15-4-5-17(16(18)12-15)21-7-10-23-11-8-21/h4-6,9,12H,7-8,10-11H2,1-3H3/b13-6-,19-14-. The van der Waals surface area contributed by atoms with Crippen LogP contribution in [0.5, 0.6) is 0 Å². The SMILES string of the molecule is CC(=C/C=O)/N=C(/C)N(C)c1ccc(N2CCOCC2)c(Cl)c1. The number of nitrogens with zero attached hydrogens (tertiary/aromatic N) is 3.